The maximum Gasteiger partial charge on any atom is 0.142 e. The van der Waals surface area contributed by atoms with Crippen molar-refractivity contribution in [3.05, 3.63) is 95.6 Å². The average Bonchev–Trinajstić information content (AvgIpc) is 2.80. The van der Waals surface area contributed by atoms with Crippen LogP contribution in [0.25, 0.3) is 0 Å². The van der Waals surface area contributed by atoms with Crippen LogP contribution < -0.4 is 9.64 Å². The molecule has 150 valence electrons. The van der Waals surface area contributed by atoms with Gasteiger partial charge in [-0.05, 0) is 28.8 Å². The molecule has 3 aromatic carbocycles. The molecular formula is C25H28N2O2. The highest BCUT2D eigenvalue weighted by atomic mass is 16.5. The zero-order chi connectivity index (χ0) is 20.1. The van der Waals surface area contributed by atoms with Crippen LogP contribution in [-0.2, 0) is 6.54 Å². The molecule has 0 aromatic heterocycles. The van der Waals surface area contributed by atoms with Crippen molar-refractivity contribution in [1.29, 1.82) is 0 Å². The lowest BCUT2D eigenvalue weighted by Crippen LogP contribution is -2.46. The van der Waals surface area contributed by atoms with Gasteiger partial charge in [-0.25, -0.2) is 0 Å². The Labute approximate surface area is 173 Å². The highest BCUT2D eigenvalue weighted by Crippen LogP contribution is 2.29. The van der Waals surface area contributed by atoms with E-state index in [0.29, 0.717) is 0 Å². The van der Waals surface area contributed by atoms with Crippen molar-refractivity contribution in [2.75, 3.05) is 38.2 Å². The molecule has 1 fully saturated rings. The molecule has 1 saturated heterocycles. The molecule has 0 aliphatic carbocycles. The van der Waals surface area contributed by atoms with E-state index in [0.717, 1.165) is 55.3 Å². The lowest BCUT2D eigenvalue weighted by Gasteiger charge is -2.37. The monoisotopic (exact) mass is 388 g/mol. The summed E-state index contributed by atoms with van der Waals surface area (Å²) in [4.78, 5) is 4.85. The molecule has 1 aliphatic rings. The quantitative estimate of drug-likeness (QED) is 0.690. The number of aliphatic hydroxyl groups is 1. The van der Waals surface area contributed by atoms with Gasteiger partial charge in [0.1, 0.15) is 11.9 Å². The van der Waals surface area contributed by atoms with Gasteiger partial charge in [0.2, 0.25) is 0 Å². The number of nitrogens with zero attached hydrogens (tertiary/aromatic N) is 2. The van der Waals surface area contributed by atoms with E-state index in [1.54, 1.807) is 7.11 Å². The minimum absolute atomic E-state index is 0.595. The number of piperazine rings is 1. The topological polar surface area (TPSA) is 35.9 Å². The Hall–Kier alpha value is -2.82. The SMILES string of the molecule is COc1ccccc1N1CCN(Cc2ccccc2C(O)c2ccccc2)CC1. The maximum atomic E-state index is 10.9. The number of anilines is 1. The second-order valence-corrected chi connectivity index (χ2v) is 7.45. The zero-order valence-corrected chi connectivity index (χ0v) is 16.9. The van der Waals surface area contributed by atoms with Crippen LogP contribution in [0.3, 0.4) is 0 Å². The van der Waals surface area contributed by atoms with Gasteiger partial charge in [-0.2, -0.15) is 0 Å². The second-order valence-electron chi connectivity index (χ2n) is 7.45. The molecule has 4 rings (SSSR count). The van der Waals surface area contributed by atoms with Gasteiger partial charge in [-0.1, -0.05) is 66.7 Å². The zero-order valence-electron chi connectivity index (χ0n) is 16.9. The van der Waals surface area contributed by atoms with Crippen LogP contribution in [0.2, 0.25) is 0 Å². The van der Waals surface area contributed by atoms with E-state index in [4.69, 9.17) is 4.74 Å². The summed E-state index contributed by atoms with van der Waals surface area (Å²) >= 11 is 0. The van der Waals surface area contributed by atoms with Gasteiger partial charge in [0.05, 0.1) is 12.8 Å². The van der Waals surface area contributed by atoms with E-state index in [1.807, 2.05) is 54.6 Å². The van der Waals surface area contributed by atoms with Crippen molar-refractivity contribution in [3.63, 3.8) is 0 Å². The van der Waals surface area contributed by atoms with Crippen LogP contribution in [0.1, 0.15) is 22.8 Å². The Morgan fingerprint density at radius 2 is 1.48 bits per heavy atom. The van der Waals surface area contributed by atoms with E-state index < -0.39 is 6.10 Å². The van der Waals surface area contributed by atoms with Crippen LogP contribution in [0.15, 0.2) is 78.9 Å². The smallest absolute Gasteiger partial charge is 0.142 e. The molecule has 29 heavy (non-hydrogen) atoms. The predicted octanol–water partition coefficient (Wildman–Crippen LogP) is 4.10. The summed E-state index contributed by atoms with van der Waals surface area (Å²) < 4.78 is 5.52. The summed E-state index contributed by atoms with van der Waals surface area (Å²) in [6.07, 6.45) is -0.595. The van der Waals surface area contributed by atoms with Crippen LogP contribution >= 0.6 is 0 Å². The van der Waals surface area contributed by atoms with Gasteiger partial charge in [-0.3, -0.25) is 4.90 Å². The van der Waals surface area contributed by atoms with Gasteiger partial charge in [-0.15, -0.1) is 0 Å². The molecule has 1 aliphatic heterocycles. The van der Waals surface area contributed by atoms with Crippen molar-refractivity contribution in [2.45, 2.75) is 12.6 Å². The molecular weight excluding hydrogens is 360 g/mol. The average molecular weight is 389 g/mol. The maximum absolute atomic E-state index is 10.9. The molecule has 4 heteroatoms. The summed E-state index contributed by atoms with van der Waals surface area (Å²) in [5.74, 6) is 0.928. The van der Waals surface area contributed by atoms with E-state index in [1.165, 1.54) is 5.56 Å². The fourth-order valence-electron chi connectivity index (χ4n) is 4.04. The largest absolute Gasteiger partial charge is 0.495 e. The predicted molar refractivity (Wildman–Crippen MR) is 117 cm³/mol. The Balaban J connectivity index is 1.44. The highest BCUT2D eigenvalue weighted by molar-refractivity contribution is 5.58. The number of ether oxygens (including phenoxy) is 1. The molecule has 0 bridgehead atoms. The van der Waals surface area contributed by atoms with E-state index >= 15 is 0 Å². The highest BCUT2D eigenvalue weighted by Gasteiger charge is 2.21. The second kappa shape index (κ2) is 9.12. The van der Waals surface area contributed by atoms with Gasteiger partial charge in [0.25, 0.3) is 0 Å². The Morgan fingerprint density at radius 1 is 0.828 bits per heavy atom. The fourth-order valence-corrected chi connectivity index (χ4v) is 4.04. The molecule has 1 N–H and O–H groups in total. The van der Waals surface area contributed by atoms with Gasteiger partial charge < -0.3 is 14.7 Å². The van der Waals surface area contributed by atoms with Crippen molar-refractivity contribution >= 4 is 5.69 Å². The molecule has 0 radical (unpaired) electrons. The van der Waals surface area contributed by atoms with Crippen LogP contribution in [0, 0.1) is 0 Å². The first-order valence-corrected chi connectivity index (χ1v) is 10.2. The summed E-state index contributed by atoms with van der Waals surface area (Å²) in [7, 11) is 1.73. The third-order valence-corrected chi connectivity index (χ3v) is 5.66. The van der Waals surface area contributed by atoms with Gasteiger partial charge in [0.15, 0.2) is 0 Å². The first kappa shape index (κ1) is 19.5. The van der Waals surface area contributed by atoms with Crippen molar-refractivity contribution < 1.29 is 9.84 Å². The number of aliphatic hydroxyl groups excluding tert-OH is 1. The van der Waals surface area contributed by atoms with Crippen LogP contribution in [0.5, 0.6) is 5.75 Å². The first-order chi connectivity index (χ1) is 14.3. The summed E-state index contributed by atoms with van der Waals surface area (Å²) in [5.41, 5.74) is 4.27. The fraction of sp³-hybridized carbons (Fsp3) is 0.280. The van der Waals surface area contributed by atoms with E-state index in [9.17, 15) is 5.11 Å². The van der Waals surface area contributed by atoms with Gasteiger partial charge in [0, 0.05) is 32.7 Å². The number of rotatable bonds is 6. The summed E-state index contributed by atoms with van der Waals surface area (Å²) in [5, 5.41) is 10.9. The van der Waals surface area contributed by atoms with Crippen LogP contribution in [0.4, 0.5) is 5.69 Å². The molecule has 0 saturated carbocycles. The Morgan fingerprint density at radius 3 is 2.24 bits per heavy atom. The molecule has 1 atom stereocenters. The lowest BCUT2D eigenvalue weighted by atomic mass is 9.96. The summed E-state index contributed by atoms with van der Waals surface area (Å²) in [6.45, 7) is 4.73. The molecule has 4 nitrogen and oxygen atoms in total. The van der Waals surface area contributed by atoms with Crippen LogP contribution in [-0.4, -0.2) is 43.3 Å². The Bertz CT molecular complexity index is 921. The summed E-state index contributed by atoms with van der Waals surface area (Å²) in [6, 6.07) is 26.3. The Kier molecular flexibility index (Phi) is 6.13. The normalized spacial score (nSPS) is 15.9. The van der Waals surface area contributed by atoms with Crippen molar-refractivity contribution in [3.8, 4) is 5.75 Å². The van der Waals surface area contributed by atoms with E-state index in [2.05, 4.69) is 34.1 Å². The van der Waals surface area contributed by atoms with Gasteiger partial charge >= 0.3 is 0 Å². The molecule has 0 amide bonds. The number of para-hydroxylation sites is 2. The van der Waals surface area contributed by atoms with Crippen molar-refractivity contribution in [1.82, 2.24) is 4.90 Å². The number of hydrogen-bond acceptors (Lipinski definition) is 4. The number of benzene rings is 3. The molecule has 3 aromatic rings. The minimum Gasteiger partial charge on any atom is -0.495 e. The minimum atomic E-state index is -0.595. The number of methoxy groups -OCH3 is 1. The lowest BCUT2D eigenvalue weighted by molar-refractivity contribution is 0.212. The molecule has 1 unspecified atom stereocenters. The molecule has 0 spiro atoms. The molecule has 1 heterocycles. The van der Waals surface area contributed by atoms with Crippen molar-refractivity contribution in [2.24, 2.45) is 0 Å². The van der Waals surface area contributed by atoms with E-state index in [-0.39, 0.29) is 0 Å². The first-order valence-electron chi connectivity index (χ1n) is 10.2. The number of hydrogen-bond donors (Lipinski definition) is 1. The third-order valence-electron chi connectivity index (χ3n) is 5.66. The third kappa shape index (κ3) is 4.44. The standard InChI is InChI=1S/C25H28N2O2/c1-29-24-14-8-7-13-23(24)27-17-15-26(16-18-27)19-21-11-5-6-12-22(21)25(28)20-9-3-2-4-10-20/h2-14,25,28H,15-19H2,1H3.